The van der Waals surface area contributed by atoms with Gasteiger partial charge >= 0.3 is 59.1 Å². The molecule has 0 saturated heterocycles. The Morgan fingerprint density at radius 2 is 0.913 bits per heavy atom. The molecule has 0 aliphatic carbocycles. The zero-order chi connectivity index (χ0) is 30.9. The second-order valence-electron chi connectivity index (χ2n) is 9.50. The minimum atomic E-state index is -4.72. The van der Waals surface area contributed by atoms with Crippen molar-refractivity contribution in [3.8, 4) is 33.9 Å². The van der Waals surface area contributed by atoms with Gasteiger partial charge in [0, 0.05) is 11.1 Å². The fourth-order valence-corrected chi connectivity index (χ4v) is 5.86. The van der Waals surface area contributed by atoms with Crippen LogP contribution in [0.3, 0.4) is 0 Å². The number of aromatic nitrogens is 6. The SMILES string of the molecule is O=S(=O)(O)c1cc(-n2ncc(-c3ccccc3)n2)ccc1C=Cc1ccc(-n2ncc(-c3ccccc3)n2)cc1S(=O)(=O)O.[NaH].[NaH]. The first-order valence-corrected chi connectivity index (χ1v) is 15.8. The van der Waals surface area contributed by atoms with Crippen molar-refractivity contribution in [3.05, 3.63) is 121 Å². The number of benzene rings is 4. The zero-order valence-corrected chi connectivity index (χ0v) is 24.2. The first-order chi connectivity index (χ1) is 21.1. The zero-order valence-electron chi connectivity index (χ0n) is 22.6. The van der Waals surface area contributed by atoms with E-state index in [1.807, 2.05) is 60.7 Å². The van der Waals surface area contributed by atoms with Gasteiger partial charge in [-0.15, -0.1) is 10.2 Å². The van der Waals surface area contributed by atoms with Crippen molar-refractivity contribution in [1.29, 1.82) is 0 Å². The monoisotopic (exact) mass is 674 g/mol. The van der Waals surface area contributed by atoms with Gasteiger partial charge in [0.15, 0.2) is 0 Å². The van der Waals surface area contributed by atoms with Gasteiger partial charge in [-0.2, -0.15) is 36.6 Å². The molecule has 0 atom stereocenters. The van der Waals surface area contributed by atoms with Gasteiger partial charge < -0.3 is 0 Å². The van der Waals surface area contributed by atoms with E-state index in [-0.39, 0.29) is 81.6 Å². The van der Waals surface area contributed by atoms with E-state index in [0.29, 0.717) is 11.4 Å². The minimum absolute atomic E-state index is 0. The van der Waals surface area contributed by atoms with E-state index in [4.69, 9.17) is 0 Å². The second kappa shape index (κ2) is 14.6. The molecule has 2 heterocycles. The number of nitrogens with zero attached hydrogens (tertiary/aromatic N) is 6. The fourth-order valence-electron chi connectivity index (χ4n) is 4.45. The summed E-state index contributed by atoms with van der Waals surface area (Å²) in [4.78, 5) is 1.55. The molecule has 2 aromatic heterocycles. The van der Waals surface area contributed by atoms with Crippen LogP contribution in [0.15, 0.2) is 119 Å². The Kier molecular flexibility index (Phi) is 11.3. The molecule has 0 bridgehead atoms. The molecule has 0 fully saturated rings. The van der Waals surface area contributed by atoms with Crippen molar-refractivity contribution in [2.45, 2.75) is 9.79 Å². The Morgan fingerprint density at radius 3 is 1.26 bits per heavy atom. The third-order valence-corrected chi connectivity index (χ3v) is 8.40. The fraction of sp³-hybridized carbons (Fsp3) is 0. The number of rotatable bonds is 8. The van der Waals surface area contributed by atoms with Gasteiger partial charge in [0.1, 0.15) is 21.2 Å². The summed E-state index contributed by atoms with van der Waals surface area (Å²) in [7, 11) is -9.45. The van der Waals surface area contributed by atoms with Crippen LogP contribution in [0.2, 0.25) is 0 Å². The van der Waals surface area contributed by atoms with Crippen LogP contribution < -0.4 is 0 Å². The second-order valence-corrected chi connectivity index (χ2v) is 12.3. The molecule has 0 amide bonds. The van der Waals surface area contributed by atoms with Crippen molar-refractivity contribution < 1.29 is 25.9 Å². The third kappa shape index (κ3) is 7.98. The summed E-state index contributed by atoms with van der Waals surface area (Å²) < 4.78 is 69.3. The van der Waals surface area contributed by atoms with E-state index in [1.54, 1.807) is 12.1 Å². The van der Waals surface area contributed by atoms with Crippen molar-refractivity contribution in [1.82, 2.24) is 30.0 Å². The Labute approximate surface area is 308 Å². The predicted molar refractivity (Wildman–Crippen MR) is 176 cm³/mol. The van der Waals surface area contributed by atoms with Gasteiger partial charge in [0.05, 0.1) is 23.8 Å². The molecule has 0 saturated carbocycles. The standard InChI is InChI=1S/C30H22N6O6S2.2Na.2H/c37-43(38,39)29-17-25(35-31-19-27(33-35)21-7-3-1-4-8-21)15-13-23(29)11-12-24-14-16-26(18-30(24)44(40,41)42)36-32-20-28(34-36)22-9-5-2-6-10-22;;;;/h1-20H,(H,37,38,39)(H,40,41,42);;;;. The molecule has 4 aromatic carbocycles. The Bertz CT molecular complexity index is 2080. The van der Waals surface area contributed by atoms with Crippen molar-refractivity contribution >= 4 is 91.5 Å². The van der Waals surface area contributed by atoms with E-state index >= 15 is 0 Å². The summed E-state index contributed by atoms with van der Waals surface area (Å²) in [5.74, 6) is 0. The molecule has 2 N–H and O–H groups in total. The predicted octanol–water partition coefficient (Wildman–Crippen LogP) is 3.55. The molecule has 0 spiro atoms. The van der Waals surface area contributed by atoms with Gasteiger partial charge in [-0.1, -0.05) is 84.9 Å². The van der Waals surface area contributed by atoms with Gasteiger partial charge in [0.25, 0.3) is 20.2 Å². The van der Waals surface area contributed by atoms with Gasteiger partial charge in [-0.3, -0.25) is 9.11 Å². The van der Waals surface area contributed by atoms with E-state index in [9.17, 15) is 25.9 Å². The molecule has 0 radical (unpaired) electrons. The Balaban J connectivity index is 0.00000240. The summed E-state index contributed by atoms with van der Waals surface area (Å²) in [5.41, 5.74) is 3.39. The van der Waals surface area contributed by atoms with Crippen LogP contribution in [0.5, 0.6) is 0 Å². The van der Waals surface area contributed by atoms with E-state index in [2.05, 4.69) is 20.4 Å². The van der Waals surface area contributed by atoms with Crippen molar-refractivity contribution in [2.24, 2.45) is 0 Å². The summed E-state index contributed by atoms with van der Waals surface area (Å²) in [5, 5.41) is 17.2. The molecule has 0 unspecified atom stereocenters. The first-order valence-electron chi connectivity index (χ1n) is 12.9. The van der Waals surface area contributed by atoms with E-state index in [1.165, 1.54) is 58.4 Å². The maximum atomic E-state index is 12.3. The van der Waals surface area contributed by atoms with Gasteiger partial charge in [0.2, 0.25) is 0 Å². The average molecular weight is 675 g/mol. The molecular weight excluding hydrogens is 650 g/mol. The Morgan fingerprint density at radius 1 is 0.543 bits per heavy atom. The molecule has 46 heavy (non-hydrogen) atoms. The number of hydrogen-bond acceptors (Lipinski definition) is 8. The molecule has 16 heteroatoms. The third-order valence-electron chi connectivity index (χ3n) is 6.58. The quantitative estimate of drug-likeness (QED) is 0.138. The molecule has 0 aliphatic heterocycles. The normalized spacial score (nSPS) is 11.6. The molecule has 6 rings (SSSR count). The number of hydrogen-bond donors (Lipinski definition) is 2. The molecule has 12 nitrogen and oxygen atoms in total. The van der Waals surface area contributed by atoms with Crippen molar-refractivity contribution in [3.63, 3.8) is 0 Å². The molecule has 224 valence electrons. The van der Waals surface area contributed by atoms with Crippen LogP contribution in [0, 0.1) is 0 Å². The van der Waals surface area contributed by atoms with Crippen LogP contribution >= 0.6 is 0 Å². The van der Waals surface area contributed by atoms with Gasteiger partial charge in [-0.25, -0.2) is 0 Å². The summed E-state index contributed by atoms with van der Waals surface area (Å²) in [6, 6.07) is 26.9. The van der Waals surface area contributed by atoms with Crippen LogP contribution in [0.1, 0.15) is 11.1 Å². The Hall–Kier alpha value is -3.28. The first kappa shape index (κ1) is 35.6. The van der Waals surface area contributed by atoms with Crippen LogP contribution in [-0.2, 0) is 20.2 Å². The van der Waals surface area contributed by atoms with Crippen molar-refractivity contribution in [2.75, 3.05) is 0 Å². The summed E-state index contributed by atoms with van der Waals surface area (Å²) in [6.07, 6.45) is 5.67. The van der Waals surface area contributed by atoms with Gasteiger partial charge in [-0.05, 0) is 35.4 Å². The van der Waals surface area contributed by atoms with Crippen LogP contribution in [0.25, 0.3) is 46.0 Å². The van der Waals surface area contributed by atoms with Crippen LogP contribution in [0.4, 0.5) is 0 Å². The van der Waals surface area contributed by atoms with E-state index in [0.717, 1.165) is 11.1 Å². The molecule has 0 aliphatic rings. The average Bonchev–Trinajstić information content (AvgIpc) is 3.71. The molecule has 6 aromatic rings. The maximum absolute atomic E-state index is 12.3. The van der Waals surface area contributed by atoms with E-state index < -0.39 is 30.0 Å². The summed E-state index contributed by atoms with van der Waals surface area (Å²) >= 11 is 0. The topological polar surface area (TPSA) is 170 Å². The molecular formula is C30H24N6Na2O6S2. The summed E-state index contributed by atoms with van der Waals surface area (Å²) in [6.45, 7) is 0. The van der Waals surface area contributed by atoms with Crippen LogP contribution in [-0.4, -0.2) is 115 Å².